The van der Waals surface area contributed by atoms with E-state index in [0.29, 0.717) is 6.42 Å². The summed E-state index contributed by atoms with van der Waals surface area (Å²) in [6.07, 6.45) is -0.416. The van der Waals surface area contributed by atoms with Crippen LogP contribution < -0.4 is 0 Å². The third-order valence-electron chi connectivity index (χ3n) is 2.77. The van der Waals surface area contributed by atoms with Gasteiger partial charge in [0.15, 0.2) is 0 Å². The molecule has 1 fully saturated rings. The Labute approximate surface area is 105 Å². The number of cyclic esters (lactones) is 1. The van der Waals surface area contributed by atoms with Crippen LogP contribution in [0.5, 0.6) is 0 Å². The van der Waals surface area contributed by atoms with Crippen LogP contribution >= 0.6 is 0 Å². The summed E-state index contributed by atoms with van der Waals surface area (Å²) in [6.45, 7) is 0.185. The summed E-state index contributed by atoms with van der Waals surface area (Å²) < 4.78 is 4.87. The molecule has 0 unspecified atom stereocenters. The van der Waals surface area contributed by atoms with Crippen LogP contribution in [0.3, 0.4) is 0 Å². The lowest BCUT2D eigenvalue weighted by molar-refractivity contribution is -0.128. The van der Waals surface area contributed by atoms with E-state index in [2.05, 4.69) is 0 Å². The molecule has 0 aliphatic carbocycles. The van der Waals surface area contributed by atoms with Crippen LogP contribution in [0.15, 0.2) is 30.3 Å². The normalized spacial score (nSPS) is 18.3. The molecule has 92 valence electrons. The van der Waals surface area contributed by atoms with Gasteiger partial charge in [0.05, 0.1) is 12.1 Å². The van der Waals surface area contributed by atoms with E-state index in [1.807, 2.05) is 30.3 Å². The third kappa shape index (κ3) is 2.48. The van der Waals surface area contributed by atoms with Crippen molar-refractivity contribution in [3.63, 3.8) is 0 Å². The highest BCUT2D eigenvalue weighted by Gasteiger charge is 2.37. The lowest BCUT2D eigenvalue weighted by atomic mass is 10.1. The predicted octanol–water partition coefficient (Wildman–Crippen LogP) is 1.49. The van der Waals surface area contributed by atoms with Gasteiger partial charge in [0, 0.05) is 0 Å². The summed E-state index contributed by atoms with van der Waals surface area (Å²) >= 11 is 0. The molecule has 18 heavy (non-hydrogen) atoms. The second-order valence-corrected chi connectivity index (χ2v) is 4.02. The maximum atomic E-state index is 11.7. The minimum absolute atomic E-state index is 0.185. The van der Waals surface area contributed by atoms with Crippen molar-refractivity contribution < 1.29 is 14.3 Å². The van der Waals surface area contributed by atoms with Gasteiger partial charge in [-0.15, -0.1) is 0 Å². The van der Waals surface area contributed by atoms with Crippen molar-refractivity contribution in [3.8, 4) is 6.07 Å². The Kier molecular flexibility index (Phi) is 3.58. The number of nitriles is 1. The molecular weight excluding hydrogens is 232 g/mol. The van der Waals surface area contributed by atoms with Crippen molar-refractivity contribution in [3.05, 3.63) is 35.9 Å². The van der Waals surface area contributed by atoms with Gasteiger partial charge in [0.2, 0.25) is 5.91 Å². The van der Waals surface area contributed by atoms with Crippen molar-refractivity contribution >= 4 is 12.0 Å². The molecule has 5 heteroatoms. The van der Waals surface area contributed by atoms with Crippen molar-refractivity contribution in [2.24, 2.45) is 0 Å². The van der Waals surface area contributed by atoms with Gasteiger partial charge in [-0.2, -0.15) is 5.26 Å². The summed E-state index contributed by atoms with van der Waals surface area (Å²) in [6, 6.07) is 11.0. The molecule has 0 saturated carbocycles. The van der Waals surface area contributed by atoms with Crippen LogP contribution in [0, 0.1) is 11.3 Å². The minimum atomic E-state index is -0.656. The second-order valence-electron chi connectivity index (χ2n) is 4.02. The molecule has 0 N–H and O–H groups in total. The number of hydrogen-bond acceptors (Lipinski definition) is 4. The fourth-order valence-corrected chi connectivity index (χ4v) is 1.96. The SMILES string of the molecule is N#CCC(=O)N1C(=O)OC[C@H]1Cc1ccccc1. The van der Waals surface area contributed by atoms with Crippen LogP contribution in [0.1, 0.15) is 12.0 Å². The number of ether oxygens (including phenoxy) is 1. The van der Waals surface area contributed by atoms with E-state index >= 15 is 0 Å². The highest BCUT2D eigenvalue weighted by Crippen LogP contribution is 2.18. The Morgan fingerprint density at radius 2 is 2.17 bits per heavy atom. The zero-order chi connectivity index (χ0) is 13.0. The first-order chi connectivity index (χ1) is 8.72. The largest absolute Gasteiger partial charge is 0.447 e. The first-order valence-corrected chi connectivity index (χ1v) is 5.62. The molecule has 2 amide bonds. The fourth-order valence-electron chi connectivity index (χ4n) is 1.96. The fraction of sp³-hybridized carbons (Fsp3) is 0.308. The summed E-state index contributed by atoms with van der Waals surface area (Å²) in [4.78, 5) is 24.2. The number of hydrogen-bond donors (Lipinski definition) is 0. The highest BCUT2D eigenvalue weighted by atomic mass is 16.6. The molecule has 1 aromatic carbocycles. The molecule has 1 atom stereocenters. The van der Waals surface area contributed by atoms with E-state index in [1.54, 1.807) is 6.07 Å². The molecule has 1 aliphatic heterocycles. The van der Waals surface area contributed by atoms with Crippen LogP contribution in [-0.2, 0) is 16.0 Å². The Hall–Kier alpha value is -2.35. The summed E-state index contributed by atoms with van der Waals surface area (Å²) in [7, 11) is 0. The maximum absolute atomic E-state index is 11.7. The average Bonchev–Trinajstić information content (AvgIpc) is 2.72. The predicted molar refractivity (Wildman–Crippen MR) is 62.4 cm³/mol. The van der Waals surface area contributed by atoms with E-state index in [4.69, 9.17) is 10.00 Å². The van der Waals surface area contributed by atoms with E-state index in [9.17, 15) is 9.59 Å². The zero-order valence-corrected chi connectivity index (χ0v) is 9.70. The Balaban J connectivity index is 2.10. The quantitative estimate of drug-likeness (QED) is 0.807. The Morgan fingerprint density at radius 3 is 2.83 bits per heavy atom. The zero-order valence-electron chi connectivity index (χ0n) is 9.70. The second kappa shape index (κ2) is 5.32. The van der Waals surface area contributed by atoms with E-state index in [-0.39, 0.29) is 19.1 Å². The molecule has 0 aromatic heterocycles. The number of benzene rings is 1. The highest BCUT2D eigenvalue weighted by molar-refractivity contribution is 5.94. The Bertz CT molecular complexity index is 493. The van der Waals surface area contributed by atoms with Crippen molar-refractivity contribution in [1.29, 1.82) is 5.26 Å². The average molecular weight is 244 g/mol. The van der Waals surface area contributed by atoms with Gasteiger partial charge < -0.3 is 4.74 Å². The monoisotopic (exact) mass is 244 g/mol. The van der Waals surface area contributed by atoms with Gasteiger partial charge in [0.25, 0.3) is 0 Å². The van der Waals surface area contributed by atoms with E-state index in [1.165, 1.54) is 0 Å². The molecular formula is C13H12N2O3. The van der Waals surface area contributed by atoms with Gasteiger partial charge in [-0.1, -0.05) is 30.3 Å². The Morgan fingerprint density at radius 1 is 1.44 bits per heavy atom. The molecule has 0 radical (unpaired) electrons. The van der Waals surface area contributed by atoms with Gasteiger partial charge in [0.1, 0.15) is 13.0 Å². The number of rotatable bonds is 3. The smallest absolute Gasteiger partial charge is 0.417 e. The molecule has 1 aromatic rings. The number of imide groups is 1. The van der Waals surface area contributed by atoms with Gasteiger partial charge in [-0.3, -0.25) is 4.79 Å². The summed E-state index contributed by atoms with van der Waals surface area (Å²) in [5.41, 5.74) is 1.02. The van der Waals surface area contributed by atoms with E-state index in [0.717, 1.165) is 10.5 Å². The van der Waals surface area contributed by atoms with Crippen molar-refractivity contribution in [2.75, 3.05) is 6.61 Å². The molecule has 2 rings (SSSR count). The lowest BCUT2D eigenvalue weighted by Crippen LogP contribution is -2.39. The van der Waals surface area contributed by atoms with Crippen LogP contribution in [0.4, 0.5) is 4.79 Å². The molecule has 0 spiro atoms. The van der Waals surface area contributed by atoms with Crippen LogP contribution in [0.25, 0.3) is 0 Å². The summed E-state index contributed by atoms with van der Waals surface area (Å²) in [5.74, 6) is -0.499. The van der Waals surface area contributed by atoms with E-state index < -0.39 is 12.0 Å². The number of amides is 2. The topological polar surface area (TPSA) is 70.4 Å². The summed E-state index contributed by atoms with van der Waals surface area (Å²) in [5, 5.41) is 8.51. The van der Waals surface area contributed by atoms with Crippen LogP contribution in [-0.4, -0.2) is 29.5 Å². The van der Waals surface area contributed by atoms with Gasteiger partial charge >= 0.3 is 6.09 Å². The number of carbonyl (C=O) groups excluding carboxylic acids is 2. The van der Waals surface area contributed by atoms with Crippen LogP contribution in [0.2, 0.25) is 0 Å². The van der Waals surface area contributed by atoms with Crippen molar-refractivity contribution in [2.45, 2.75) is 18.9 Å². The third-order valence-corrected chi connectivity index (χ3v) is 2.77. The first-order valence-electron chi connectivity index (χ1n) is 5.62. The molecule has 0 bridgehead atoms. The molecule has 1 heterocycles. The minimum Gasteiger partial charge on any atom is -0.447 e. The molecule has 1 aliphatic rings. The molecule has 1 saturated heterocycles. The first kappa shape index (κ1) is 12.1. The lowest BCUT2D eigenvalue weighted by Gasteiger charge is -2.18. The maximum Gasteiger partial charge on any atom is 0.417 e. The molecule has 5 nitrogen and oxygen atoms in total. The number of nitrogens with zero attached hydrogens (tertiary/aromatic N) is 2. The van der Waals surface area contributed by atoms with Gasteiger partial charge in [-0.05, 0) is 12.0 Å². The standard InChI is InChI=1S/C13H12N2O3/c14-7-6-12(16)15-11(9-18-13(15)17)8-10-4-2-1-3-5-10/h1-5,11H,6,8-9H2/t11-/m1/s1. The van der Waals surface area contributed by atoms with Gasteiger partial charge in [-0.25, -0.2) is 9.69 Å². The van der Waals surface area contributed by atoms with Crippen molar-refractivity contribution in [1.82, 2.24) is 4.90 Å². The number of carbonyl (C=O) groups is 2.